The van der Waals surface area contributed by atoms with Crippen LogP contribution in [0.1, 0.15) is 5.56 Å². The van der Waals surface area contributed by atoms with Crippen LogP contribution < -0.4 is 5.32 Å². The first kappa shape index (κ1) is 13.5. The molecule has 1 aliphatic heterocycles. The van der Waals surface area contributed by atoms with Gasteiger partial charge in [-0.1, -0.05) is 34.6 Å². The molecule has 1 aromatic carbocycles. The fourth-order valence-corrected chi connectivity index (χ4v) is 2.34. The fourth-order valence-electron chi connectivity index (χ4n) is 1.92. The second kappa shape index (κ2) is 5.40. The third-order valence-electron chi connectivity index (χ3n) is 2.80. The summed E-state index contributed by atoms with van der Waals surface area (Å²) < 4.78 is 5.60. The number of benzene rings is 1. The molecule has 0 radical (unpaired) electrons. The zero-order valence-corrected chi connectivity index (χ0v) is 11.9. The number of hydrogen-bond donors (Lipinski definition) is 1. The van der Waals surface area contributed by atoms with E-state index >= 15 is 0 Å². The van der Waals surface area contributed by atoms with Crippen LogP contribution >= 0.6 is 15.9 Å². The number of carbonyl (C=O) groups excluding carboxylic acids is 2. The number of esters is 1. The van der Waals surface area contributed by atoms with Gasteiger partial charge in [-0.05, 0) is 23.8 Å². The lowest BCUT2D eigenvalue weighted by Gasteiger charge is -2.08. The van der Waals surface area contributed by atoms with Crippen LogP contribution in [-0.4, -0.2) is 19.0 Å². The summed E-state index contributed by atoms with van der Waals surface area (Å²) in [6, 6.07) is 7.44. The molecule has 1 N–H and O–H groups in total. The average Bonchev–Trinajstić information content (AvgIpc) is 2.63. The van der Waals surface area contributed by atoms with Crippen LogP contribution in [0, 0.1) is 5.92 Å². The molecule has 1 heterocycles. The molecule has 5 heteroatoms. The molecule has 1 aromatic rings. The summed E-state index contributed by atoms with van der Waals surface area (Å²) in [6.07, 6.45) is 1.67. The van der Waals surface area contributed by atoms with Gasteiger partial charge in [0.25, 0.3) is 5.91 Å². The summed E-state index contributed by atoms with van der Waals surface area (Å²) in [5.74, 6) is -1.57. The topological polar surface area (TPSA) is 55.4 Å². The highest BCUT2D eigenvalue weighted by molar-refractivity contribution is 9.10. The summed E-state index contributed by atoms with van der Waals surface area (Å²) >= 11 is 3.36. The molecule has 1 unspecified atom stereocenters. The molecule has 4 nitrogen and oxygen atoms in total. The lowest BCUT2D eigenvalue weighted by atomic mass is 9.98. The normalized spacial score (nSPS) is 20.5. The molecule has 0 bridgehead atoms. The maximum atomic E-state index is 11.8. The Kier molecular flexibility index (Phi) is 3.85. The minimum absolute atomic E-state index is 0.319. The number of rotatable bonds is 2. The number of methoxy groups -OCH3 is 1. The molecule has 0 aromatic heterocycles. The Balaban J connectivity index is 2.43. The average molecular weight is 322 g/mol. The molecule has 0 spiro atoms. The van der Waals surface area contributed by atoms with Gasteiger partial charge in [-0.25, -0.2) is 0 Å². The van der Waals surface area contributed by atoms with Crippen LogP contribution in [0.5, 0.6) is 0 Å². The Morgan fingerprint density at radius 3 is 2.89 bits per heavy atom. The van der Waals surface area contributed by atoms with Crippen molar-refractivity contribution in [3.63, 3.8) is 0 Å². The molecule has 0 saturated carbocycles. The van der Waals surface area contributed by atoms with E-state index in [4.69, 9.17) is 4.74 Å². The van der Waals surface area contributed by atoms with E-state index in [2.05, 4.69) is 27.8 Å². The van der Waals surface area contributed by atoms with Crippen LogP contribution in [0.2, 0.25) is 0 Å². The molecule has 1 saturated heterocycles. The second-order valence-electron chi connectivity index (χ2n) is 4.09. The maximum Gasteiger partial charge on any atom is 0.319 e. The first-order valence-electron chi connectivity index (χ1n) is 5.58. The highest BCUT2D eigenvalue weighted by Gasteiger charge is 2.37. The largest absolute Gasteiger partial charge is 0.468 e. The van der Waals surface area contributed by atoms with Gasteiger partial charge in [-0.2, -0.15) is 0 Å². The standard InChI is InChI=1S/C14H12BrNO3/c1-8-12(14(18)19-2)11(13(17)16-8)7-9-4-3-5-10(15)6-9/h3-7,12H,1H2,2H3,(H,16,17). The smallest absolute Gasteiger partial charge is 0.319 e. The summed E-state index contributed by atoms with van der Waals surface area (Å²) in [5, 5.41) is 2.55. The van der Waals surface area contributed by atoms with Crippen molar-refractivity contribution in [2.75, 3.05) is 7.11 Å². The Bertz CT molecular complexity index is 592. The van der Waals surface area contributed by atoms with Gasteiger partial charge in [0.05, 0.1) is 7.11 Å². The van der Waals surface area contributed by atoms with E-state index < -0.39 is 11.9 Å². The van der Waals surface area contributed by atoms with Gasteiger partial charge in [0.1, 0.15) is 5.92 Å². The first-order valence-corrected chi connectivity index (χ1v) is 6.37. The van der Waals surface area contributed by atoms with E-state index in [9.17, 15) is 9.59 Å². The van der Waals surface area contributed by atoms with E-state index in [1.807, 2.05) is 24.3 Å². The van der Waals surface area contributed by atoms with Gasteiger partial charge in [0.2, 0.25) is 0 Å². The van der Waals surface area contributed by atoms with Crippen molar-refractivity contribution in [3.05, 3.63) is 52.2 Å². The van der Waals surface area contributed by atoms with E-state index in [0.717, 1.165) is 10.0 Å². The quantitative estimate of drug-likeness (QED) is 0.671. The Morgan fingerprint density at radius 2 is 2.26 bits per heavy atom. The van der Waals surface area contributed by atoms with Crippen molar-refractivity contribution < 1.29 is 14.3 Å². The van der Waals surface area contributed by atoms with Gasteiger partial charge in [-0.15, -0.1) is 0 Å². The van der Waals surface area contributed by atoms with Gasteiger partial charge >= 0.3 is 5.97 Å². The number of amides is 1. The SMILES string of the molecule is C=C1NC(=O)C(=Cc2cccc(Br)c2)C1C(=O)OC. The molecule has 98 valence electrons. The third kappa shape index (κ3) is 2.76. The van der Waals surface area contributed by atoms with Crippen LogP contribution in [0.3, 0.4) is 0 Å². The lowest BCUT2D eigenvalue weighted by Crippen LogP contribution is -2.17. The van der Waals surface area contributed by atoms with Crippen LogP contribution in [0.4, 0.5) is 0 Å². The fraction of sp³-hybridized carbons (Fsp3) is 0.143. The molecule has 2 rings (SSSR count). The van der Waals surface area contributed by atoms with Crippen molar-refractivity contribution >= 4 is 33.9 Å². The van der Waals surface area contributed by atoms with Crippen molar-refractivity contribution in [1.82, 2.24) is 5.32 Å². The van der Waals surface area contributed by atoms with Gasteiger partial charge in [0, 0.05) is 15.7 Å². The minimum atomic E-state index is -0.753. The van der Waals surface area contributed by atoms with Crippen LogP contribution in [-0.2, 0) is 14.3 Å². The molecular weight excluding hydrogens is 310 g/mol. The molecule has 19 heavy (non-hydrogen) atoms. The Labute approximate surface area is 119 Å². The second-order valence-corrected chi connectivity index (χ2v) is 5.01. The van der Waals surface area contributed by atoms with Crippen molar-refractivity contribution in [2.24, 2.45) is 5.92 Å². The number of carbonyl (C=O) groups is 2. The molecular formula is C14H12BrNO3. The van der Waals surface area contributed by atoms with E-state index in [-0.39, 0.29) is 5.91 Å². The number of halogens is 1. The van der Waals surface area contributed by atoms with E-state index in [1.54, 1.807) is 6.08 Å². The molecule has 1 atom stereocenters. The molecule has 0 aliphatic carbocycles. The van der Waals surface area contributed by atoms with Gasteiger partial charge in [-0.3, -0.25) is 9.59 Å². The van der Waals surface area contributed by atoms with Crippen molar-refractivity contribution in [1.29, 1.82) is 0 Å². The molecule has 1 amide bonds. The van der Waals surface area contributed by atoms with E-state index in [0.29, 0.717) is 11.3 Å². The molecule has 1 fully saturated rings. The lowest BCUT2D eigenvalue weighted by molar-refractivity contribution is -0.142. The maximum absolute atomic E-state index is 11.8. The monoisotopic (exact) mass is 321 g/mol. The van der Waals surface area contributed by atoms with Crippen LogP contribution in [0.25, 0.3) is 6.08 Å². The molecule has 1 aliphatic rings. The third-order valence-corrected chi connectivity index (χ3v) is 3.30. The minimum Gasteiger partial charge on any atom is -0.468 e. The predicted molar refractivity (Wildman–Crippen MR) is 74.9 cm³/mol. The summed E-state index contributed by atoms with van der Waals surface area (Å²) in [7, 11) is 1.29. The van der Waals surface area contributed by atoms with E-state index in [1.165, 1.54) is 7.11 Å². The summed E-state index contributed by atoms with van der Waals surface area (Å²) in [4.78, 5) is 23.6. The Hall–Kier alpha value is -1.88. The summed E-state index contributed by atoms with van der Waals surface area (Å²) in [5.41, 5.74) is 1.51. The zero-order valence-electron chi connectivity index (χ0n) is 10.3. The van der Waals surface area contributed by atoms with Gasteiger partial charge < -0.3 is 10.1 Å². The van der Waals surface area contributed by atoms with Crippen LogP contribution in [0.15, 0.2) is 46.6 Å². The highest BCUT2D eigenvalue weighted by atomic mass is 79.9. The highest BCUT2D eigenvalue weighted by Crippen LogP contribution is 2.28. The number of ether oxygens (including phenoxy) is 1. The van der Waals surface area contributed by atoms with Crippen molar-refractivity contribution in [2.45, 2.75) is 0 Å². The summed E-state index contributed by atoms with van der Waals surface area (Å²) in [6.45, 7) is 3.68. The zero-order chi connectivity index (χ0) is 14.0. The predicted octanol–water partition coefficient (Wildman–Crippen LogP) is 2.27. The number of nitrogens with one attached hydrogen (secondary N) is 1. The van der Waals surface area contributed by atoms with Crippen molar-refractivity contribution in [3.8, 4) is 0 Å². The number of hydrogen-bond acceptors (Lipinski definition) is 3. The first-order chi connectivity index (χ1) is 9.02. The van der Waals surface area contributed by atoms with Gasteiger partial charge in [0.15, 0.2) is 0 Å². The Morgan fingerprint density at radius 1 is 1.53 bits per heavy atom.